The summed E-state index contributed by atoms with van der Waals surface area (Å²) in [6.07, 6.45) is 1.89. The molecule has 0 aliphatic carbocycles. The summed E-state index contributed by atoms with van der Waals surface area (Å²) in [5, 5.41) is 0. The molecule has 1 heterocycles. The molecule has 0 bridgehead atoms. The lowest BCUT2D eigenvalue weighted by Crippen LogP contribution is -3.00. The summed E-state index contributed by atoms with van der Waals surface area (Å²) in [5.74, 6) is -0.625. The maximum atomic E-state index is 11.4. The lowest BCUT2D eigenvalue weighted by Gasteiger charge is -2.04. The molecule has 0 amide bonds. The Balaban J connectivity index is 0.00000324. The molecule has 0 N–H and O–H groups in total. The zero-order valence-electron chi connectivity index (χ0n) is 11.1. The van der Waals surface area contributed by atoms with Gasteiger partial charge in [-0.3, -0.25) is 4.79 Å². The van der Waals surface area contributed by atoms with Gasteiger partial charge in [-0.15, -0.1) is 0 Å². The molecule has 6 heteroatoms. The van der Waals surface area contributed by atoms with Crippen molar-refractivity contribution in [3.8, 4) is 0 Å². The van der Waals surface area contributed by atoms with Crippen molar-refractivity contribution in [3.05, 3.63) is 30.1 Å². The van der Waals surface area contributed by atoms with Crippen LogP contribution in [0.25, 0.3) is 0 Å². The summed E-state index contributed by atoms with van der Waals surface area (Å²) in [6.45, 7) is 4.31. The molecule has 0 unspecified atom stereocenters. The summed E-state index contributed by atoms with van der Waals surface area (Å²) < 4.78 is 11.5. The minimum atomic E-state index is -0.321. The molecule has 0 aromatic carbocycles. The first-order valence-electron chi connectivity index (χ1n) is 5.96. The third-order valence-electron chi connectivity index (χ3n) is 2.27. The summed E-state index contributed by atoms with van der Waals surface area (Å²) in [4.78, 5) is 22.8. The zero-order chi connectivity index (χ0) is 13.4. The van der Waals surface area contributed by atoms with Crippen molar-refractivity contribution in [2.45, 2.75) is 26.8 Å². The van der Waals surface area contributed by atoms with E-state index in [4.69, 9.17) is 9.47 Å². The smallest absolute Gasteiger partial charge is 0.372 e. The van der Waals surface area contributed by atoms with Crippen molar-refractivity contribution in [1.82, 2.24) is 0 Å². The summed E-state index contributed by atoms with van der Waals surface area (Å²) in [7, 11) is 0. The molecule has 1 rings (SSSR count). The Morgan fingerprint density at radius 2 is 1.74 bits per heavy atom. The van der Waals surface area contributed by atoms with Gasteiger partial charge < -0.3 is 26.5 Å². The highest BCUT2D eigenvalue weighted by atomic mass is 79.9. The van der Waals surface area contributed by atoms with E-state index in [0.717, 1.165) is 5.69 Å². The van der Waals surface area contributed by atoms with Gasteiger partial charge in [0.25, 0.3) is 0 Å². The van der Waals surface area contributed by atoms with Gasteiger partial charge in [-0.25, -0.2) is 4.79 Å². The van der Waals surface area contributed by atoms with Gasteiger partial charge in [0, 0.05) is 12.1 Å². The fourth-order valence-electron chi connectivity index (χ4n) is 1.53. The molecule has 0 aliphatic rings. The van der Waals surface area contributed by atoms with E-state index in [-0.39, 0.29) is 41.9 Å². The molecule has 0 aliphatic heterocycles. The number of pyridine rings is 1. The van der Waals surface area contributed by atoms with Gasteiger partial charge in [0.05, 0.1) is 13.2 Å². The van der Waals surface area contributed by atoms with E-state index in [1.54, 1.807) is 36.7 Å². The molecule has 0 atom stereocenters. The standard InChI is InChI=1S/C13H18NO4.BrH/c1-3-17-12(15)9-11-7-5-6-8-14(11)10-13(16)18-4-2;/h5-8H,3-4,9-10H2,1-2H3;1H/q+1;/p-1. The van der Waals surface area contributed by atoms with Crippen LogP contribution in [0.15, 0.2) is 24.4 Å². The second-order valence-corrected chi connectivity index (χ2v) is 3.61. The van der Waals surface area contributed by atoms with Crippen molar-refractivity contribution < 1.29 is 40.6 Å². The Labute approximate surface area is 123 Å². The molecule has 106 valence electrons. The van der Waals surface area contributed by atoms with Crippen LogP contribution in [-0.4, -0.2) is 25.2 Å². The number of ether oxygens (including phenoxy) is 2. The normalized spacial score (nSPS) is 9.37. The van der Waals surface area contributed by atoms with Crippen molar-refractivity contribution in [1.29, 1.82) is 0 Å². The fraction of sp³-hybridized carbons (Fsp3) is 0.462. The van der Waals surface area contributed by atoms with Crippen LogP contribution in [0, 0.1) is 0 Å². The molecule has 0 saturated heterocycles. The van der Waals surface area contributed by atoms with E-state index < -0.39 is 0 Å². The third-order valence-corrected chi connectivity index (χ3v) is 2.27. The van der Waals surface area contributed by atoms with Crippen LogP contribution in [0.1, 0.15) is 19.5 Å². The number of esters is 2. The molecular formula is C13H18BrNO4. The van der Waals surface area contributed by atoms with Crippen LogP contribution in [0.5, 0.6) is 0 Å². The Bertz CT molecular complexity index is 384. The van der Waals surface area contributed by atoms with Crippen molar-refractivity contribution in [2.75, 3.05) is 13.2 Å². The molecular weight excluding hydrogens is 314 g/mol. The molecule has 1 aromatic heterocycles. The highest BCUT2D eigenvalue weighted by Gasteiger charge is 2.18. The van der Waals surface area contributed by atoms with Crippen molar-refractivity contribution in [2.24, 2.45) is 0 Å². The predicted molar refractivity (Wildman–Crippen MR) is 63.6 cm³/mol. The van der Waals surface area contributed by atoms with Gasteiger partial charge in [0.2, 0.25) is 6.54 Å². The zero-order valence-corrected chi connectivity index (χ0v) is 12.7. The highest BCUT2D eigenvalue weighted by Crippen LogP contribution is 1.96. The Morgan fingerprint density at radius 1 is 1.11 bits per heavy atom. The number of nitrogens with zero attached hydrogens (tertiary/aromatic N) is 1. The van der Waals surface area contributed by atoms with E-state index in [1.165, 1.54) is 0 Å². The van der Waals surface area contributed by atoms with Gasteiger partial charge >= 0.3 is 11.9 Å². The van der Waals surface area contributed by atoms with Crippen LogP contribution in [0.3, 0.4) is 0 Å². The molecule has 0 fully saturated rings. The van der Waals surface area contributed by atoms with Gasteiger partial charge in [0.15, 0.2) is 11.9 Å². The van der Waals surface area contributed by atoms with Crippen LogP contribution in [0.2, 0.25) is 0 Å². The fourth-order valence-corrected chi connectivity index (χ4v) is 1.53. The Hall–Kier alpha value is -1.43. The number of hydrogen-bond donors (Lipinski definition) is 0. The van der Waals surface area contributed by atoms with Gasteiger partial charge in [-0.05, 0) is 13.8 Å². The van der Waals surface area contributed by atoms with Crippen molar-refractivity contribution in [3.63, 3.8) is 0 Å². The molecule has 1 aromatic rings. The lowest BCUT2D eigenvalue weighted by atomic mass is 10.2. The number of rotatable bonds is 6. The molecule has 0 saturated carbocycles. The lowest BCUT2D eigenvalue weighted by molar-refractivity contribution is -0.692. The molecule has 0 radical (unpaired) electrons. The predicted octanol–water partition coefficient (Wildman–Crippen LogP) is -2.35. The van der Waals surface area contributed by atoms with Crippen LogP contribution >= 0.6 is 0 Å². The molecule has 5 nitrogen and oxygen atoms in total. The van der Waals surface area contributed by atoms with E-state index in [2.05, 4.69) is 0 Å². The van der Waals surface area contributed by atoms with Crippen LogP contribution in [-0.2, 0) is 32.0 Å². The first-order chi connectivity index (χ1) is 8.67. The number of halogens is 1. The van der Waals surface area contributed by atoms with Crippen LogP contribution in [0.4, 0.5) is 0 Å². The van der Waals surface area contributed by atoms with Gasteiger partial charge in [-0.2, -0.15) is 4.57 Å². The molecule has 19 heavy (non-hydrogen) atoms. The maximum absolute atomic E-state index is 11.4. The van der Waals surface area contributed by atoms with Gasteiger partial charge in [0.1, 0.15) is 6.42 Å². The van der Waals surface area contributed by atoms with E-state index in [0.29, 0.717) is 13.2 Å². The first kappa shape index (κ1) is 17.6. The summed E-state index contributed by atoms with van der Waals surface area (Å²) >= 11 is 0. The number of aromatic nitrogens is 1. The maximum Gasteiger partial charge on any atom is 0.372 e. The quantitative estimate of drug-likeness (QED) is 0.432. The Kier molecular flexibility index (Phi) is 8.78. The average Bonchev–Trinajstić information content (AvgIpc) is 2.32. The Morgan fingerprint density at radius 3 is 2.37 bits per heavy atom. The second-order valence-electron chi connectivity index (χ2n) is 3.61. The topological polar surface area (TPSA) is 56.5 Å². The molecule has 0 spiro atoms. The first-order valence-corrected chi connectivity index (χ1v) is 5.96. The van der Waals surface area contributed by atoms with E-state index in [9.17, 15) is 9.59 Å². The monoisotopic (exact) mass is 331 g/mol. The van der Waals surface area contributed by atoms with E-state index >= 15 is 0 Å². The largest absolute Gasteiger partial charge is 1.00 e. The number of hydrogen-bond acceptors (Lipinski definition) is 4. The van der Waals surface area contributed by atoms with Gasteiger partial charge in [-0.1, -0.05) is 6.07 Å². The van der Waals surface area contributed by atoms with Crippen LogP contribution < -0.4 is 21.5 Å². The number of carbonyl (C=O) groups is 2. The minimum Gasteiger partial charge on any atom is -1.00 e. The summed E-state index contributed by atoms with van der Waals surface area (Å²) in [6, 6.07) is 5.40. The number of carbonyl (C=O) groups excluding carboxylic acids is 2. The SMILES string of the molecule is CCOC(=O)Cc1cccc[n+]1CC(=O)OCC.[Br-]. The second kappa shape index (κ2) is 9.49. The van der Waals surface area contributed by atoms with E-state index in [1.807, 2.05) is 6.07 Å². The van der Waals surface area contributed by atoms with Crippen molar-refractivity contribution >= 4 is 11.9 Å². The highest BCUT2D eigenvalue weighted by molar-refractivity contribution is 5.71. The third kappa shape index (κ3) is 6.33. The minimum absolute atomic E-state index is 0. The average molecular weight is 332 g/mol. The summed E-state index contributed by atoms with van der Waals surface area (Å²) in [5.41, 5.74) is 0.726.